The average Bonchev–Trinajstić information content (AvgIpc) is 3.75. The Morgan fingerprint density at radius 3 is 2.64 bits per heavy atom. The third-order valence-electron chi connectivity index (χ3n) is 10.00. The van der Waals surface area contributed by atoms with Crippen molar-refractivity contribution in [1.82, 2.24) is 15.2 Å². The molecule has 3 heterocycles. The molecule has 2 saturated heterocycles. The number of carbonyl (C=O) groups excluding carboxylic acids is 4. The highest BCUT2D eigenvalue weighted by atomic mass is 16.5. The monoisotopic (exact) mass is 600 g/mol. The maximum Gasteiger partial charge on any atom is 0.271 e. The number of likely N-dealkylation sites (tertiary alicyclic amines) is 1. The quantitative estimate of drug-likeness (QED) is 0.307. The molecule has 232 valence electrons. The first-order valence-electron chi connectivity index (χ1n) is 15.5. The second kappa shape index (κ2) is 12.4. The molecule has 3 aliphatic rings. The van der Waals surface area contributed by atoms with E-state index in [0.717, 1.165) is 35.7 Å². The van der Waals surface area contributed by atoms with Gasteiger partial charge in [0.25, 0.3) is 5.91 Å². The van der Waals surface area contributed by atoms with Gasteiger partial charge in [0.1, 0.15) is 23.6 Å². The highest BCUT2D eigenvalue weighted by Crippen LogP contribution is 2.54. The number of hydrogen-bond donors (Lipinski definition) is 3. The molecule has 10 heteroatoms. The number of nitrogens with one attached hydrogen (secondary N) is 2. The van der Waals surface area contributed by atoms with E-state index in [9.17, 15) is 19.2 Å². The first-order valence-corrected chi connectivity index (χ1v) is 15.5. The highest BCUT2D eigenvalue weighted by molar-refractivity contribution is 6.05. The molecule has 3 fully saturated rings. The molecule has 0 spiro atoms. The first-order chi connectivity index (χ1) is 21.3. The van der Waals surface area contributed by atoms with Crippen LogP contribution in [0.3, 0.4) is 0 Å². The van der Waals surface area contributed by atoms with Gasteiger partial charge in [-0.3, -0.25) is 19.2 Å². The lowest BCUT2D eigenvalue weighted by Gasteiger charge is -2.45. The minimum atomic E-state index is -1.59. The minimum absolute atomic E-state index is 0.0195. The number of ether oxygens (including phenoxy) is 2. The second-order valence-electron chi connectivity index (χ2n) is 12.4. The van der Waals surface area contributed by atoms with Crippen molar-refractivity contribution in [3.05, 3.63) is 65.9 Å². The minimum Gasteiger partial charge on any atom is -0.496 e. The highest BCUT2D eigenvalue weighted by Gasteiger charge is 2.65. The predicted molar refractivity (Wildman–Crippen MR) is 164 cm³/mol. The van der Waals surface area contributed by atoms with E-state index in [0.29, 0.717) is 31.7 Å². The lowest BCUT2D eigenvalue weighted by atomic mass is 9.66. The summed E-state index contributed by atoms with van der Waals surface area (Å²) in [5, 5.41) is 3.65. The van der Waals surface area contributed by atoms with Crippen molar-refractivity contribution < 1.29 is 28.7 Å². The Morgan fingerprint density at radius 1 is 1.07 bits per heavy atom. The van der Waals surface area contributed by atoms with Crippen molar-refractivity contribution in [3.63, 3.8) is 0 Å². The molecular weight excluding hydrogens is 560 g/mol. The molecular formula is C34H40N4O6. The van der Waals surface area contributed by atoms with Crippen molar-refractivity contribution in [2.75, 3.05) is 26.8 Å². The standard InChI is InChI=1S/C34H40N4O6/c1-43-30-14-6-13-27-24(30)17-28(37-27)32(41)38-18-23-10-5-12-25(23)34(38,33(35)42)26(16-22-11-7-15-36-31(22)40)29(39)20-44-19-21-8-3-2-4-9-21/h2-4,6,8-9,13-14,17,22-23,25-26,37H,5,7,10-12,15-16,18-20H2,1H3,(H2,35,42)(H,36,40)/t22-,23?,25?,26+,34?/m0/s1. The number of aromatic nitrogens is 1. The zero-order valence-electron chi connectivity index (χ0n) is 25.1. The SMILES string of the molecule is COc1cccc2[nH]c(C(=O)N3CC4CCCC4C3(C(N)=O)[C@H](C[C@@H]3CCCNC3=O)C(=O)COCc3ccccc3)cc12. The zero-order chi connectivity index (χ0) is 30.8. The molecule has 2 aromatic carbocycles. The number of nitrogens with zero attached hydrogens (tertiary/aromatic N) is 1. The molecule has 1 aliphatic carbocycles. The molecule has 3 unspecified atom stereocenters. The summed E-state index contributed by atoms with van der Waals surface area (Å²) in [4.78, 5) is 60.5. The summed E-state index contributed by atoms with van der Waals surface area (Å²) in [5.41, 5.74) is 6.69. The number of benzene rings is 2. The Morgan fingerprint density at radius 2 is 1.89 bits per heavy atom. The summed E-state index contributed by atoms with van der Waals surface area (Å²) in [6, 6.07) is 16.8. The van der Waals surface area contributed by atoms with Gasteiger partial charge < -0.3 is 30.4 Å². The van der Waals surface area contributed by atoms with Crippen molar-refractivity contribution >= 4 is 34.4 Å². The fraction of sp³-hybridized carbons (Fsp3) is 0.471. The number of Topliss-reactive ketones (excluding diaryl/α,β-unsaturated/α-hetero) is 1. The van der Waals surface area contributed by atoms with Crippen molar-refractivity contribution in [2.45, 2.75) is 50.7 Å². The molecule has 4 N–H and O–H groups in total. The third kappa shape index (κ3) is 5.25. The van der Waals surface area contributed by atoms with Gasteiger partial charge in [-0.2, -0.15) is 0 Å². The van der Waals surface area contributed by atoms with Crippen LogP contribution in [0.25, 0.3) is 10.9 Å². The number of ketones is 1. The normalized spacial score (nSPS) is 25.4. The van der Waals surface area contributed by atoms with E-state index >= 15 is 0 Å². The topological polar surface area (TPSA) is 144 Å². The fourth-order valence-corrected chi connectivity index (χ4v) is 8.02. The van der Waals surface area contributed by atoms with Crippen LogP contribution >= 0.6 is 0 Å². The van der Waals surface area contributed by atoms with Crippen molar-refractivity contribution in [1.29, 1.82) is 0 Å². The molecule has 3 aromatic rings. The fourth-order valence-electron chi connectivity index (χ4n) is 8.02. The molecule has 0 radical (unpaired) electrons. The van der Waals surface area contributed by atoms with Gasteiger partial charge in [0, 0.05) is 29.9 Å². The Labute approximate surface area is 256 Å². The first kappa shape index (κ1) is 29.9. The number of piperidine rings is 1. The number of hydrogen-bond acceptors (Lipinski definition) is 6. The summed E-state index contributed by atoms with van der Waals surface area (Å²) >= 11 is 0. The Kier molecular flexibility index (Phi) is 8.44. The number of amides is 3. The summed E-state index contributed by atoms with van der Waals surface area (Å²) in [7, 11) is 1.57. The number of fused-ring (bicyclic) bond motifs is 2. The van der Waals surface area contributed by atoms with Crippen LogP contribution in [-0.2, 0) is 25.7 Å². The molecule has 10 nitrogen and oxygen atoms in total. The summed E-state index contributed by atoms with van der Waals surface area (Å²) in [6.45, 7) is 0.850. The van der Waals surface area contributed by atoms with Crippen molar-refractivity contribution in [2.24, 2.45) is 29.4 Å². The van der Waals surface area contributed by atoms with E-state index in [2.05, 4.69) is 10.3 Å². The van der Waals surface area contributed by atoms with Gasteiger partial charge in [-0.15, -0.1) is 0 Å². The van der Waals surface area contributed by atoms with Crippen LogP contribution in [0.4, 0.5) is 0 Å². The van der Waals surface area contributed by atoms with Gasteiger partial charge in [0.15, 0.2) is 5.78 Å². The van der Waals surface area contributed by atoms with E-state index in [-0.39, 0.29) is 48.9 Å². The Hall–Kier alpha value is -4.18. The number of nitrogens with two attached hydrogens (primary N) is 1. The number of aromatic amines is 1. The van der Waals surface area contributed by atoms with Gasteiger partial charge >= 0.3 is 0 Å². The molecule has 5 atom stereocenters. The third-order valence-corrected chi connectivity index (χ3v) is 10.00. The zero-order valence-corrected chi connectivity index (χ0v) is 25.1. The molecule has 0 bridgehead atoms. The van der Waals surface area contributed by atoms with Crippen LogP contribution in [0, 0.1) is 23.7 Å². The van der Waals surface area contributed by atoms with E-state index in [1.165, 1.54) is 0 Å². The largest absolute Gasteiger partial charge is 0.496 e. The maximum absolute atomic E-state index is 14.5. The van der Waals surface area contributed by atoms with Crippen LogP contribution in [0.2, 0.25) is 0 Å². The van der Waals surface area contributed by atoms with E-state index in [1.54, 1.807) is 18.1 Å². The summed E-state index contributed by atoms with van der Waals surface area (Å²) in [6.07, 6.45) is 3.88. The van der Waals surface area contributed by atoms with Gasteiger partial charge in [-0.05, 0) is 67.7 Å². The molecule has 6 rings (SSSR count). The van der Waals surface area contributed by atoms with E-state index in [1.807, 2.05) is 48.5 Å². The molecule has 44 heavy (non-hydrogen) atoms. The number of H-pyrrole nitrogens is 1. The van der Waals surface area contributed by atoms with Crippen LogP contribution in [0.1, 0.15) is 54.6 Å². The number of methoxy groups -OCH3 is 1. The van der Waals surface area contributed by atoms with Gasteiger partial charge in [0.2, 0.25) is 11.8 Å². The number of rotatable bonds is 11. The van der Waals surface area contributed by atoms with Crippen LogP contribution in [0.15, 0.2) is 54.6 Å². The predicted octanol–water partition coefficient (Wildman–Crippen LogP) is 3.59. The second-order valence-corrected chi connectivity index (χ2v) is 12.4. The lowest BCUT2D eigenvalue weighted by molar-refractivity contribution is -0.146. The Bertz CT molecular complexity index is 1550. The smallest absolute Gasteiger partial charge is 0.271 e. The van der Waals surface area contributed by atoms with Gasteiger partial charge in [-0.1, -0.05) is 42.8 Å². The summed E-state index contributed by atoms with van der Waals surface area (Å²) < 4.78 is 11.4. The summed E-state index contributed by atoms with van der Waals surface area (Å²) in [5.74, 6) is -2.69. The number of carbonyl (C=O) groups is 4. The molecule has 2 aliphatic heterocycles. The van der Waals surface area contributed by atoms with Crippen molar-refractivity contribution in [3.8, 4) is 5.75 Å². The van der Waals surface area contributed by atoms with Crippen LogP contribution in [-0.4, -0.2) is 65.7 Å². The van der Waals surface area contributed by atoms with E-state index < -0.39 is 29.2 Å². The van der Waals surface area contributed by atoms with Gasteiger partial charge in [0.05, 0.1) is 19.6 Å². The maximum atomic E-state index is 14.5. The van der Waals surface area contributed by atoms with Crippen LogP contribution in [0.5, 0.6) is 5.75 Å². The lowest BCUT2D eigenvalue weighted by Crippen LogP contribution is -2.66. The molecule has 1 saturated carbocycles. The van der Waals surface area contributed by atoms with Gasteiger partial charge in [-0.25, -0.2) is 0 Å². The molecule has 1 aromatic heterocycles. The van der Waals surface area contributed by atoms with E-state index in [4.69, 9.17) is 15.2 Å². The number of primary amides is 1. The Balaban J connectivity index is 1.39. The average molecular weight is 601 g/mol. The van der Waals surface area contributed by atoms with Crippen LogP contribution < -0.4 is 15.8 Å². The molecule has 3 amide bonds.